The second-order valence-corrected chi connectivity index (χ2v) is 4.13. The van der Waals surface area contributed by atoms with E-state index in [-0.39, 0.29) is 5.91 Å². The molecule has 94 valence electrons. The number of carbonyl (C=O) groups excluding carboxylic acids is 1. The fraction of sp³-hybridized carbons (Fsp3) is 0.818. The molecule has 0 spiro atoms. The zero-order valence-corrected chi connectivity index (χ0v) is 10.5. The van der Waals surface area contributed by atoms with Gasteiger partial charge in [-0.05, 0) is 6.42 Å². The lowest BCUT2D eigenvalue weighted by Gasteiger charge is -2.24. The average Bonchev–Trinajstić information content (AvgIpc) is 2.17. The van der Waals surface area contributed by atoms with E-state index in [2.05, 4.69) is 5.32 Å². The van der Waals surface area contributed by atoms with Crippen LogP contribution in [0.1, 0.15) is 33.6 Å². The molecule has 2 N–H and O–H groups in total. The van der Waals surface area contributed by atoms with Crippen LogP contribution in [0.2, 0.25) is 0 Å². The van der Waals surface area contributed by atoms with Gasteiger partial charge in [-0.3, -0.25) is 4.79 Å². The summed E-state index contributed by atoms with van der Waals surface area (Å²) in [5.74, 6) is -1.09. The number of hydrogen-bond acceptors (Lipinski definition) is 3. The molecule has 0 aromatic heterocycles. The van der Waals surface area contributed by atoms with Gasteiger partial charge in [-0.2, -0.15) is 0 Å². The van der Waals surface area contributed by atoms with Gasteiger partial charge in [0.25, 0.3) is 0 Å². The van der Waals surface area contributed by atoms with E-state index in [4.69, 9.17) is 5.11 Å². The highest BCUT2D eigenvalue weighted by atomic mass is 16.4. The molecule has 0 bridgehead atoms. The molecule has 5 heteroatoms. The van der Waals surface area contributed by atoms with Crippen molar-refractivity contribution in [2.45, 2.75) is 45.7 Å². The molecule has 0 heterocycles. The Hall–Kier alpha value is -1.10. The van der Waals surface area contributed by atoms with Gasteiger partial charge in [-0.25, -0.2) is 4.79 Å². The third-order valence-electron chi connectivity index (χ3n) is 2.42. The van der Waals surface area contributed by atoms with E-state index in [1.165, 1.54) is 4.90 Å². The SMILES string of the molecule is CCC(C(=O)O)N(C)C(=O)CCNC(C)C. The summed E-state index contributed by atoms with van der Waals surface area (Å²) in [6.45, 7) is 6.34. The van der Waals surface area contributed by atoms with Gasteiger partial charge in [0.15, 0.2) is 0 Å². The lowest BCUT2D eigenvalue weighted by atomic mass is 10.2. The first kappa shape index (κ1) is 14.9. The largest absolute Gasteiger partial charge is 0.480 e. The van der Waals surface area contributed by atoms with Crippen molar-refractivity contribution >= 4 is 11.9 Å². The smallest absolute Gasteiger partial charge is 0.326 e. The van der Waals surface area contributed by atoms with Crippen LogP contribution >= 0.6 is 0 Å². The molecule has 0 aliphatic rings. The van der Waals surface area contributed by atoms with Gasteiger partial charge in [-0.1, -0.05) is 20.8 Å². The van der Waals surface area contributed by atoms with Gasteiger partial charge in [-0.15, -0.1) is 0 Å². The second-order valence-electron chi connectivity index (χ2n) is 4.13. The number of aliphatic carboxylic acids is 1. The van der Waals surface area contributed by atoms with E-state index in [9.17, 15) is 9.59 Å². The van der Waals surface area contributed by atoms with Crippen molar-refractivity contribution in [2.75, 3.05) is 13.6 Å². The maximum Gasteiger partial charge on any atom is 0.326 e. The Kier molecular flexibility index (Phi) is 6.72. The summed E-state index contributed by atoms with van der Waals surface area (Å²) in [5.41, 5.74) is 0. The number of hydrogen-bond donors (Lipinski definition) is 2. The van der Waals surface area contributed by atoms with E-state index in [0.29, 0.717) is 25.4 Å². The number of nitrogens with one attached hydrogen (secondary N) is 1. The van der Waals surface area contributed by atoms with E-state index in [0.717, 1.165) is 0 Å². The number of carboxylic acids is 1. The van der Waals surface area contributed by atoms with Crippen molar-refractivity contribution in [1.82, 2.24) is 10.2 Å². The fourth-order valence-electron chi connectivity index (χ4n) is 1.43. The van der Waals surface area contributed by atoms with E-state index in [1.807, 2.05) is 13.8 Å². The van der Waals surface area contributed by atoms with Crippen LogP contribution in [0.4, 0.5) is 0 Å². The molecule has 1 atom stereocenters. The first-order valence-electron chi connectivity index (χ1n) is 5.62. The molecule has 0 radical (unpaired) electrons. The van der Waals surface area contributed by atoms with Crippen LogP contribution in [0, 0.1) is 0 Å². The topological polar surface area (TPSA) is 69.6 Å². The number of likely N-dealkylation sites (N-methyl/N-ethyl adjacent to an activating group) is 1. The monoisotopic (exact) mass is 230 g/mol. The highest BCUT2D eigenvalue weighted by molar-refractivity contribution is 5.83. The molecule has 1 amide bonds. The molecule has 5 nitrogen and oxygen atoms in total. The molecule has 0 aromatic carbocycles. The molecular weight excluding hydrogens is 208 g/mol. The molecule has 0 aliphatic heterocycles. The van der Waals surface area contributed by atoms with Gasteiger partial charge in [0.1, 0.15) is 6.04 Å². The van der Waals surface area contributed by atoms with Crippen molar-refractivity contribution < 1.29 is 14.7 Å². The number of carboxylic acid groups (broad SMARTS) is 1. The van der Waals surface area contributed by atoms with Crippen LogP contribution in [0.3, 0.4) is 0 Å². The van der Waals surface area contributed by atoms with E-state index >= 15 is 0 Å². The predicted octanol–water partition coefficient (Wildman–Crippen LogP) is 0.696. The third kappa shape index (κ3) is 5.11. The maximum atomic E-state index is 11.7. The normalized spacial score (nSPS) is 12.6. The summed E-state index contributed by atoms with van der Waals surface area (Å²) in [4.78, 5) is 23.8. The van der Waals surface area contributed by atoms with Crippen LogP contribution in [0.15, 0.2) is 0 Å². The van der Waals surface area contributed by atoms with Crippen molar-refractivity contribution in [1.29, 1.82) is 0 Å². The van der Waals surface area contributed by atoms with Crippen LogP contribution in [0.5, 0.6) is 0 Å². The minimum atomic E-state index is -0.949. The highest BCUT2D eigenvalue weighted by Gasteiger charge is 2.23. The molecule has 0 saturated heterocycles. The molecule has 0 aliphatic carbocycles. The van der Waals surface area contributed by atoms with Crippen molar-refractivity contribution in [3.63, 3.8) is 0 Å². The molecule has 0 rings (SSSR count). The zero-order valence-electron chi connectivity index (χ0n) is 10.5. The zero-order chi connectivity index (χ0) is 12.7. The molecule has 1 unspecified atom stereocenters. The second kappa shape index (κ2) is 7.22. The summed E-state index contributed by atoms with van der Waals surface area (Å²) < 4.78 is 0. The van der Waals surface area contributed by atoms with Crippen LogP contribution < -0.4 is 5.32 Å². The Labute approximate surface area is 96.8 Å². The maximum absolute atomic E-state index is 11.7. The van der Waals surface area contributed by atoms with Crippen LogP contribution in [-0.4, -0.2) is 47.6 Å². The molecular formula is C11H22N2O3. The first-order valence-corrected chi connectivity index (χ1v) is 5.62. The Balaban J connectivity index is 4.11. The van der Waals surface area contributed by atoms with Gasteiger partial charge in [0.2, 0.25) is 5.91 Å². The summed E-state index contributed by atoms with van der Waals surface area (Å²) in [6.07, 6.45) is 0.758. The first-order chi connectivity index (χ1) is 7.40. The van der Waals surface area contributed by atoms with Crippen LogP contribution in [-0.2, 0) is 9.59 Å². The quantitative estimate of drug-likeness (QED) is 0.675. The number of amides is 1. The number of nitrogens with zero attached hydrogens (tertiary/aromatic N) is 1. The summed E-state index contributed by atoms with van der Waals surface area (Å²) in [6, 6.07) is -0.383. The van der Waals surface area contributed by atoms with Gasteiger partial charge in [0.05, 0.1) is 0 Å². The van der Waals surface area contributed by atoms with Gasteiger partial charge >= 0.3 is 5.97 Å². The van der Waals surface area contributed by atoms with E-state index in [1.54, 1.807) is 14.0 Å². The average molecular weight is 230 g/mol. The minimum absolute atomic E-state index is 0.137. The number of rotatable bonds is 7. The standard InChI is InChI=1S/C11H22N2O3/c1-5-9(11(15)16)13(4)10(14)6-7-12-8(2)3/h8-9,12H,5-7H2,1-4H3,(H,15,16). The minimum Gasteiger partial charge on any atom is -0.480 e. The molecule has 16 heavy (non-hydrogen) atoms. The van der Waals surface area contributed by atoms with Crippen molar-refractivity contribution in [2.24, 2.45) is 0 Å². The molecule has 0 aromatic rings. The predicted molar refractivity (Wildman–Crippen MR) is 62.2 cm³/mol. The van der Waals surface area contributed by atoms with E-state index < -0.39 is 12.0 Å². The van der Waals surface area contributed by atoms with Gasteiger partial charge < -0.3 is 15.3 Å². The van der Waals surface area contributed by atoms with Crippen molar-refractivity contribution in [3.8, 4) is 0 Å². The molecule has 0 saturated carbocycles. The highest BCUT2D eigenvalue weighted by Crippen LogP contribution is 2.04. The Bertz CT molecular complexity index is 241. The summed E-state index contributed by atoms with van der Waals surface area (Å²) in [5, 5.41) is 12.0. The molecule has 0 fully saturated rings. The fourth-order valence-corrected chi connectivity index (χ4v) is 1.43. The van der Waals surface area contributed by atoms with Crippen LogP contribution in [0.25, 0.3) is 0 Å². The third-order valence-corrected chi connectivity index (χ3v) is 2.42. The summed E-state index contributed by atoms with van der Waals surface area (Å²) in [7, 11) is 1.54. The number of carbonyl (C=O) groups is 2. The lowest BCUT2D eigenvalue weighted by molar-refractivity contribution is -0.149. The Morgan fingerprint density at radius 2 is 1.94 bits per heavy atom. The Morgan fingerprint density at radius 3 is 2.31 bits per heavy atom. The van der Waals surface area contributed by atoms with Crippen molar-refractivity contribution in [3.05, 3.63) is 0 Å². The Morgan fingerprint density at radius 1 is 1.38 bits per heavy atom. The lowest BCUT2D eigenvalue weighted by Crippen LogP contribution is -2.43. The summed E-state index contributed by atoms with van der Waals surface area (Å²) >= 11 is 0. The van der Waals surface area contributed by atoms with Gasteiger partial charge in [0, 0.05) is 26.1 Å².